The number of aliphatic imine (C=N–C) groups is 1. The number of ether oxygens (including phenoxy) is 1. The second-order valence-electron chi connectivity index (χ2n) is 7.25. The van der Waals surface area contributed by atoms with Crippen LogP contribution in [0.3, 0.4) is 0 Å². The van der Waals surface area contributed by atoms with Crippen LogP contribution in [0, 0.1) is 0 Å². The summed E-state index contributed by atoms with van der Waals surface area (Å²) in [4.78, 5) is 9.67. The third-order valence-electron chi connectivity index (χ3n) is 5.01. The molecule has 1 saturated heterocycles. The van der Waals surface area contributed by atoms with Crippen LogP contribution in [-0.4, -0.2) is 60.2 Å². The van der Waals surface area contributed by atoms with Crippen LogP contribution in [0.1, 0.15) is 37.1 Å². The van der Waals surface area contributed by atoms with Crippen molar-refractivity contribution >= 4 is 5.96 Å². The zero-order chi connectivity index (χ0) is 20.3. The molecule has 1 aromatic heterocycles. The zero-order valence-corrected chi connectivity index (χ0v) is 17.6. The van der Waals surface area contributed by atoms with Gasteiger partial charge in [0, 0.05) is 51.9 Å². The van der Waals surface area contributed by atoms with Crippen molar-refractivity contribution in [2.75, 3.05) is 39.3 Å². The van der Waals surface area contributed by atoms with Gasteiger partial charge in [0.05, 0.1) is 18.8 Å². The van der Waals surface area contributed by atoms with Crippen LogP contribution in [-0.2, 0) is 24.4 Å². The van der Waals surface area contributed by atoms with Gasteiger partial charge in [0.2, 0.25) is 0 Å². The highest BCUT2D eigenvalue weighted by Gasteiger charge is 2.20. The molecule has 0 amide bonds. The Morgan fingerprint density at radius 2 is 1.93 bits per heavy atom. The molecular formula is C22H33N5O2. The van der Waals surface area contributed by atoms with Crippen molar-refractivity contribution in [3.63, 3.8) is 0 Å². The van der Waals surface area contributed by atoms with E-state index in [1.165, 1.54) is 11.1 Å². The predicted octanol–water partition coefficient (Wildman–Crippen LogP) is 2.88. The average molecular weight is 400 g/mol. The lowest BCUT2D eigenvalue weighted by Crippen LogP contribution is -2.52. The maximum Gasteiger partial charge on any atom is 0.194 e. The van der Waals surface area contributed by atoms with E-state index >= 15 is 0 Å². The van der Waals surface area contributed by atoms with Crippen LogP contribution in [0.25, 0.3) is 0 Å². The monoisotopic (exact) mass is 399 g/mol. The molecule has 1 aromatic carbocycles. The molecule has 1 N–H and O–H groups in total. The van der Waals surface area contributed by atoms with Crippen molar-refractivity contribution in [2.24, 2.45) is 4.99 Å². The summed E-state index contributed by atoms with van der Waals surface area (Å²) in [5, 5.41) is 7.47. The van der Waals surface area contributed by atoms with Crippen molar-refractivity contribution < 1.29 is 9.26 Å². The number of aromatic nitrogens is 1. The summed E-state index contributed by atoms with van der Waals surface area (Å²) in [6.45, 7) is 11.9. The number of nitrogens with one attached hydrogen (secondary N) is 1. The van der Waals surface area contributed by atoms with Gasteiger partial charge in [-0.2, -0.15) is 0 Å². The van der Waals surface area contributed by atoms with E-state index in [1.54, 1.807) is 6.26 Å². The van der Waals surface area contributed by atoms with Crippen molar-refractivity contribution in [1.82, 2.24) is 20.3 Å². The predicted molar refractivity (Wildman–Crippen MR) is 115 cm³/mol. The van der Waals surface area contributed by atoms with E-state index in [2.05, 4.69) is 58.4 Å². The van der Waals surface area contributed by atoms with Gasteiger partial charge >= 0.3 is 0 Å². The lowest BCUT2D eigenvalue weighted by molar-refractivity contribution is 0.121. The molecule has 1 fully saturated rings. The van der Waals surface area contributed by atoms with Gasteiger partial charge < -0.3 is 19.5 Å². The minimum atomic E-state index is 0.650. The molecule has 7 heteroatoms. The summed E-state index contributed by atoms with van der Waals surface area (Å²) < 4.78 is 10.7. The van der Waals surface area contributed by atoms with E-state index in [9.17, 15) is 0 Å². The van der Waals surface area contributed by atoms with Crippen molar-refractivity contribution in [3.8, 4) is 0 Å². The van der Waals surface area contributed by atoms with Gasteiger partial charge in [-0.15, -0.1) is 0 Å². The molecule has 29 heavy (non-hydrogen) atoms. The fourth-order valence-corrected chi connectivity index (χ4v) is 3.43. The lowest BCUT2D eigenvalue weighted by atomic mass is 10.1. The minimum Gasteiger partial charge on any atom is -0.377 e. The number of piperazine rings is 1. The van der Waals surface area contributed by atoms with E-state index in [0.717, 1.165) is 63.9 Å². The summed E-state index contributed by atoms with van der Waals surface area (Å²) in [5.41, 5.74) is 3.43. The van der Waals surface area contributed by atoms with Crippen LogP contribution in [0.2, 0.25) is 0 Å². The Bertz CT molecular complexity index is 739. The third-order valence-corrected chi connectivity index (χ3v) is 5.01. The first-order valence-electron chi connectivity index (χ1n) is 10.6. The van der Waals surface area contributed by atoms with E-state index in [0.29, 0.717) is 13.2 Å². The Balaban J connectivity index is 1.58. The van der Waals surface area contributed by atoms with Gasteiger partial charge in [-0.05, 0) is 24.5 Å². The molecule has 7 nitrogen and oxygen atoms in total. The Kier molecular flexibility index (Phi) is 8.52. The number of hydrogen-bond donors (Lipinski definition) is 1. The normalized spacial score (nSPS) is 15.7. The summed E-state index contributed by atoms with van der Waals surface area (Å²) in [7, 11) is 0. The van der Waals surface area contributed by atoms with Gasteiger partial charge in [-0.1, -0.05) is 36.3 Å². The molecule has 1 aliphatic heterocycles. The molecule has 2 heterocycles. The molecule has 0 unspecified atom stereocenters. The van der Waals surface area contributed by atoms with Gasteiger partial charge in [0.1, 0.15) is 6.26 Å². The first kappa shape index (κ1) is 21.3. The second kappa shape index (κ2) is 11.6. The topological polar surface area (TPSA) is 66.1 Å². The highest BCUT2D eigenvalue weighted by molar-refractivity contribution is 5.80. The first-order chi connectivity index (χ1) is 14.3. The van der Waals surface area contributed by atoms with Gasteiger partial charge in [-0.25, -0.2) is 4.99 Å². The number of nitrogens with zero attached hydrogens (tertiary/aromatic N) is 4. The third kappa shape index (κ3) is 6.58. The number of hydrogen-bond acceptors (Lipinski definition) is 5. The Morgan fingerprint density at radius 3 is 2.62 bits per heavy atom. The van der Waals surface area contributed by atoms with Gasteiger partial charge in [0.15, 0.2) is 5.96 Å². The summed E-state index contributed by atoms with van der Waals surface area (Å²) >= 11 is 0. The van der Waals surface area contributed by atoms with E-state index in [-0.39, 0.29) is 0 Å². The quantitative estimate of drug-likeness (QED) is 0.397. The van der Waals surface area contributed by atoms with E-state index in [4.69, 9.17) is 14.3 Å². The summed E-state index contributed by atoms with van der Waals surface area (Å²) in [6.07, 6.45) is 2.67. The smallest absolute Gasteiger partial charge is 0.194 e. The van der Waals surface area contributed by atoms with Crippen molar-refractivity contribution in [3.05, 3.63) is 53.4 Å². The van der Waals surface area contributed by atoms with Gasteiger partial charge in [0.25, 0.3) is 0 Å². The van der Waals surface area contributed by atoms with Crippen LogP contribution in [0.15, 0.2) is 46.1 Å². The molecule has 0 bridgehead atoms. The van der Waals surface area contributed by atoms with Crippen LogP contribution >= 0.6 is 0 Å². The van der Waals surface area contributed by atoms with E-state index < -0.39 is 0 Å². The lowest BCUT2D eigenvalue weighted by Gasteiger charge is -2.36. The number of rotatable bonds is 9. The fraction of sp³-hybridized carbons (Fsp3) is 0.545. The molecular weight excluding hydrogens is 366 g/mol. The maximum atomic E-state index is 5.74. The Morgan fingerprint density at radius 1 is 1.14 bits per heavy atom. The molecule has 158 valence electrons. The fourth-order valence-electron chi connectivity index (χ4n) is 3.43. The number of guanidine groups is 1. The standard InChI is InChI=1S/C22H33N5O2/c1-3-14-28-18-20-8-6-5-7-19(20)16-24-22(23-4-2)27-12-10-26(11-13-27)17-21-9-15-29-25-21/h5-9,15H,3-4,10-14,16-18H2,1-2H3,(H,23,24). The SMILES string of the molecule is CCCOCc1ccccc1CN=C(NCC)N1CCN(Cc2ccon2)CC1. The molecule has 0 radical (unpaired) electrons. The van der Waals surface area contributed by atoms with Crippen molar-refractivity contribution in [2.45, 2.75) is 40.0 Å². The highest BCUT2D eigenvalue weighted by atomic mass is 16.5. The zero-order valence-electron chi connectivity index (χ0n) is 17.6. The molecule has 0 spiro atoms. The van der Waals surface area contributed by atoms with E-state index in [1.807, 2.05) is 6.07 Å². The molecule has 0 saturated carbocycles. The molecule has 1 aliphatic rings. The van der Waals surface area contributed by atoms with Gasteiger partial charge in [-0.3, -0.25) is 4.90 Å². The first-order valence-corrected chi connectivity index (χ1v) is 10.6. The summed E-state index contributed by atoms with van der Waals surface area (Å²) in [5.74, 6) is 0.984. The number of benzene rings is 1. The summed E-state index contributed by atoms with van der Waals surface area (Å²) in [6, 6.07) is 10.4. The molecule has 2 aromatic rings. The molecule has 0 aliphatic carbocycles. The Labute approximate surface area is 173 Å². The molecule has 0 atom stereocenters. The average Bonchev–Trinajstić information content (AvgIpc) is 3.26. The maximum absolute atomic E-state index is 5.74. The van der Waals surface area contributed by atoms with Crippen molar-refractivity contribution in [1.29, 1.82) is 0 Å². The van der Waals surface area contributed by atoms with Crippen LogP contribution in [0.4, 0.5) is 0 Å². The Hall–Kier alpha value is -2.38. The largest absolute Gasteiger partial charge is 0.377 e. The minimum absolute atomic E-state index is 0.650. The second-order valence-corrected chi connectivity index (χ2v) is 7.25. The highest BCUT2D eigenvalue weighted by Crippen LogP contribution is 2.13. The van der Waals surface area contributed by atoms with Crippen LogP contribution < -0.4 is 5.32 Å². The van der Waals surface area contributed by atoms with Crippen LogP contribution in [0.5, 0.6) is 0 Å². The molecule has 3 rings (SSSR count).